The summed E-state index contributed by atoms with van der Waals surface area (Å²) in [7, 11) is 0. The van der Waals surface area contributed by atoms with Crippen LogP contribution >= 0.6 is 0 Å². The van der Waals surface area contributed by atoms with Crippen molar-refractivity contribution in [1.29, 1.82) is 0 Å². The third-order valence-electron chi connectivity index (χ3n) is 11.2. The quantitative estimate of drug-likeness (QED) is 0.477. The molecule has 6 heteroatoms. The van der Waals surface area contributed by atoms with Gasteiger partial charge >= 0.3 is 0 Å². The smallest absolute Gasteiger partial charge is 0.186 e. The van der Waals surface area contributed by atoms with Crippen molar-refractivity contribution in [1.82, 2.24) is 0 Å². The Morgan fingerprint density at radius 3 is 2.76 bits per heavy atom. The maximum Gasteiger partial charge on any atom is 0.186 e. The normalized spacial score (nSPS) is 55.8. The number of rotatable bonds is 2. The number of hydrogen-bond donors (Lipinski definition) is 2. The van der Waals surface area contributed by atoms with Gasteiger partial charge in [-0.3, -0.25) is 4.79 Å². The van der Waals surface area contributed by atoms with Crippen LogP contribution in [0.25, 0.3) is 0 Å². The Bertz CT molecular complexity index is 1070. The second-order valence-corrected chi connectivity index (χ2v) is 12.5. The number of hydrogen-bond acceptors (Lipinski definition) is 6. The van der Waals surface area contributed by atoms with Crippen molar-refractivity contribution in [3.8, 4) is 0 Å². The first-order valence-corrected chi connectivity index (χ1v) is 13.1. The van der Waals surface area contributed by atoms with Gasteiger partial charge in [-0.1, -0.05) is 35.8 Å². The molecule has 3 saturated heterocycles. The van der Waals surface area contributed by atoms with Crippen molar-refractivity contribution < 1.29 is 29.2 Å². The molecule has 11 atom stereocenters. The minimum atomic E-state index is -1.08. The van der Waals surface area contributed by atoms with Crippen LogP contribution in [-0.4, -0.2) is 57.4 Å². The maximum atomic E-state index is 13.2. The molecule has 0 radical (unpaired) electrons. The Balaban J connectivity index is 1.14. The molecule has 7 rings (SSSR count). The minimum absolute atomic E-state index is 0.0292. The van der Waals surface area contributed by atoms with E-state index in [0.29, 0.717) is 6.42 Å². The van der Waals surface area contributed by atoms with Gasteiger partial charge in [-0.05, 0) is 64.9 Å². The highest BCUT2D eigenvalue weighted by Crippen LogP contribution is 2.66. The highest BCUT2D eigenvalue weighted by atomic mass is 16.7. The van der Waals surface area contributed by atoms with Crippen LogP contribution in [0.4, 0.5) is 0 Å². The van der Waals surface area contributed by atoms with Gasteiger partial charge in [0.15, 0.2) is 12.1 Å². The summed E-state index contributed by atoms with van der Waals surface area (Å²) < 4.78 is 18.1. The molecule has 0 spiro atoms. The van der Waals surface area contributed by atoms with Crippen molar-refractivity contribution >= 4 is 5.78 Å². The van der Waals surface area contributed by atoms with Gasteiger partial charge in [0.05, 0.1) is 17.6 Å². The number of allylic oxidation sites excluding steroid dienone is 3. The number of aliphatic hydroxyl groups excluding tert-OH is 1. The van der Waals surface area contributed by atoms with E-state index >= 15 is 0 Å². The molecule has 0 amide bonds. The molecule has 34 heavy (non-hydrogen) atoms. The summed E-state index contributed by atoms with van der Waals surface area (Å²) in [6.07, 6.45) is 9.69. The molecule has 3 heterocycles. The van der Waals surface area contributed by atoms with Crippen LogP contribution in [0.3, 0.4) is 0 Å². The number of ether oxygens (including phenoxy) is 3. The fourth-order valence-electron chi connectivity index (χ4n) is 8.51. The first-order valence-electron chi connectivity index (χ1n) is 13.1. The molecule has 4 aliphatic carbocycles. The summed E-state index contributed by atoms with van der Waals surface area (Å²) in [5, 5.41) is 22.2. The molecule has 11 unspecified atom stereocenters. The summed E-state index contributed by atoms with van der Waals surface area (Å²) in [5.74, 6) is 0.600. The van der Waals surface area contributed by atoms with Gasteiger partial charge in [-0.25, -0.2) is 0 Å². The second-order valence-electron chi connectivity index (χ2n) is 12.5. The van der Waals surface area contributed by atoms with Crippen LogP contribution in [0.1, 0.15) is 66.2 Å². The molecule has 0 aromatic rings. The Hall–Kier alpha value is -1.31. The molecule has 184 valence electrons. The molecule has 6 nitrogen and oxygen atoms in total. The topological polar surface area (TPSA) is 91.8 Å². The lowest BCUT2D eigenvalue weighted by molar-refractivity contribution is -0.191. The van der Waals surface area contributed by atoms with Gasteiger partial charge in [0, 0.05) is 18.3 Å². The number of carbonyl (C=O) groups is 1. The fraction of sp³-hybridized carbons (Fsp3) is 0.750. The Labute approximate surface area is 201 Å². The van der Waals surface area contributed by atoms with Gasteiger partial charge in [-0.2, -0.15) is 0 Å². The maximum absolute atomic E-state index is 13.2. The third kappa shape index (κ3) is 2.47. The van der Waals surface area contributed by atoms with E-state index in [-0.39, 0.29) is 47.4 Å². The van der Waals surface area contributed by atoms with E-state index in [1.54, 1.807) is 6.08 Å². The average Bonchev–Trinajstić information content (AvgIpc) is 3.70. The summed E-state index contributed by atoms with van der Waals surface area (Å²) in [4.78, 5) is 13.2. The average molecular weight is 469 g/mol. The zero-order valence-electron chi connectivity index (χ0n) is 20.5. The van der Waals surface area contributed by atoms with E-state index in [4.69, 9.17) is 14.2 Å². The Kier molecular flexibility index (Phi) is 4.20. The van der Waals surface area contributed by atoms with Gasteiger partial charge in [0.1, 0.15) is 22.9 Å². The van der Waals surface area contributed by atoms with Crippen LogP contribution in [0, 0.1) is 23.2 Å². The van der Waals surface area contributed by atoms with E-state index in [1.807, 2.05) is 19.9 Å². The number of epoxide rings is 2. The number of aliphatic hydroxyl groups is 2. The largest absolute Gasteiger partial charge is 0.386 e. The van der Waals surface area contributed by atoms with Crippen LogP contribution in [0.15, 0.2) is 34.9 Å². The van der Waals surface area contributed by atoms with E-state index in [1.165, 1.54) is 16.7 Å². The number of ketones is 1. The monoisotopic (exact) mass is 468 g/mol. The van der Waals surface area contributed by atoms with Crippen molar-refractivity contribution in [2.24, 2.45) is 23.2 Å². The lowest BCUT2D eigenvalue weighted by Crippen LogP contribution is -2.65. The van der Waals surface area contributed by atoms with Crippen LogP contribution in [0.5, 0.6) is 0 Å². The molecule has 1 saturated carbocycles. The zero-order chi connectivity index (χ0) is 23.8. The Morgan fingerprint density at radius 2 is 2.00 bits per heavy atom. The predicted octanol–water partition coefficient (Wildman–Crippen LogP) is 3.37. The van der Waals surface area contributed by atoms with Crippen molar-refractivity contribution in [3.05, 3.63) is 34.9 Å². The first kappa shape index (κ1) is 21.9. The van der Waals surface area contributed by atoms with Crippen molar-refractivity contribution in [2.75, 3.05) is 0 Å². The van der Waals surface area contributed by atoms with E-state index in [9.17, 15) is 15.0 Å². The van der Waals surface area contributed by atoms with E-state index < -0.39 is 22.9 Å². The lowest BCUT2D eigenvalue weighted by atomic mass is 9.47. The van der Waals surface area contributed by atoms with Gasteiger partial charge in [0.25, 0.3) is 0 Å². The molecular weight excluding hydrogens is 432 g/mol. The standard InChI is InChI=1S/C28H36O6/c1-14(19-13-25(2)27(4,34-25)24(30)32-19)15-7-9-17-16(12-15)8-10-18-21(17)22-23(33-22)28(31)11-5-6-20(29)26(18,28)3/h5-7,14,18-19,21-24,30-31H,8-13H2,1-4H3. The third-order valence-corrected chi connectivity index (χ3v) is 11.2. The highest BCUT2D eigenvalue weighted by molar-refractivity contribution is 5.97. The molecule has 0 aromatic heterocycles. The van der Waals surface area contributed by atoms with E-state index in [2.05, 4.69) is 19.9 Å². The van der Waals surface area contributed by atoms with Crippen molar-refractivity contribution in [3.63, 3.8) is 0 Å². The number of fused-ring (bicyclic) bond motifs is 8. The molecule has 0 bridgehead atoms. The fourth-order valence-corrected chi connectivity index (χ4v) is 8.51. The highest BCUT2D eigenvalue weighted by Gasteiger charge is 2.75. The molecule has 4 fully saturated rings. The summed E-state index contributed by atoms with van der Waals surface area (Å²) in [6.45, 7) is 8.21. The molecule has 0 aromatic carbocycles. The molecular formula is C28H36O6. The van der Waals surface area contributed by atoms with Crippen molar-refractivity contribution in [2.45, 2.75) is 108 Å². The first-order chi connectivity index (χ1) is 16.0. The Morgan fingerprint density at radius 1 is 1.21 bits per heavy atom. The van der Waals surface area contributed by atoms with E-state index in [0.717, 1.165) is 32.1 Å². The predicted molar refractivity (Wildman–Crippen MR) is 124 cm³/mol. The summed E-state index contributed by atoms with van der Waals surface area (Å²) in [5.41, 5.74) is 1.56. The van der Waals surface area contributed by atoms with Crippen LogP contribution in [-0.2, 0) is 19.0 Å². The minimum Gasteiger partial charge on any atom is -0.386 e. The SMILES string of the molecule is CC(C1=CCC2=C(CCC3C2C2OC2C2(O)CC=CC(=O)C32C)C1)C1CC2(C)OC2(C)C(O)O1. The van der Waals surface area contributed by atoms with Crippen LogP contribution < -0.4 is 0 Å². The summed E-state index contributed by atoms with van der Waals surface area (Å²) in [6, 6.07) is 0. The van der Waals surface area contributed by atoms with Gasteiger partial charge < -0.3 is 24.4 Å². The zero-order valence-corrected chi connectivity index (χ0v) is 20.5. The molecule has 7 aliphatic rings. The lowest BCUT2D eigenvalue weighted by Gasteiger charge is -2.56. The molecule has 3 aliphatic heterocycles. The van der Waals surface area contributed by atoms with Gasteiger partial charge in [0.2, 0.25) is 0 Å². The summed E-state index contributed by atoms with van der Waals surface area (Å²) >= 11 is 0. The second kappa shape index (κ2) is 6.51. The van der Waals surface area contributed by atoms with Crippen LogP contribution in [0.2, 0.25) is 0 Å². The van der Waals surface area contributed by atoms with Gasteiger partial charge in [-0.15, -0.1) is 0 Å². The number of carbonyl (C=O) groups excluding carboxylic acids is 1. The molecule has 2 N–H and O–H groups in total.